The molecule has 0 aromatic heterocycles. The smallest absolute Gasteiger partial charge is 0.319 e. The summed E-state index contributed by atoms with van der Waals surface area (Å²) in [5.41, 5.74) is 0.0989. The highest BCUT2D eigenvalue weighted by atomic mass is 79.9. The molecule has 156 valence electrons. The molecule has 0 aliphatic carbocycles. The van der Waals surface area contributed by atoms with Gasteiger partial charge in [-0.15, -0.1) is 0 Å². The highest BCUT2D eigenvalue weighted by molar-refractivity contribution is 9.10. The lowest BCUT2D eigenvalue weighted by Gasteiger charge is -2.21. The summed E-state index contributed by atoms with van der Waals surface area (Å²) in [6.45, 7) is 9.66. The van der Waals surface area contributed by atoms with Gasteiger partial charge in [-0.05, 0) is 57.4 Å². The first-order chi connectivity index (χ1) is 13.0. The van der Waals surface area contributed by atoms with Crippen molar-refractivity contribution in [3.63, 3.8) is 0 Å². The topological polar surface area (TPSA) is 84.5 Å². The summed E-state index contributed by atoms with van der Waals surface area (Å²) in [6, 6.07) is 6.85. The first kappa shape index (κ1) is 24.1. The highest BCUT2D eigenvalue weighted by Crippen LogP contribution is 2.17. The van der Waals surface area contributed by atoms with Crippen LogP contribution in [0.2, 0.25) is 0 Å². The number of ether oxygens (including phenoxy) is 1. The van der Waals surface area contributed by atoms with E-state index in [1.807, 2.05) is 26.0 Å². The molecular weight excluding hydrogens is 424 g/mol. The van der Waals surface area contributed by atoms with Gasteiger partial charge in [0.1, 0.15) is 11.4 Å². The molecule has 0 aliphatic heterocycles. The van der Waals surface area contributed by atoms with Crippen molar-refractivity contribution in [2.24, 2.45) is 11.8 Å². The Labute approximate surface area is 175 Å². The van der Waals surface area contributed by atoms with E-state index in [0.29, 0.717) is 18.0 Å². The van der Waals surface area contributed by atoms with Crippen LogP contribution in [-0.2, 0) is 14.3 Å². The molecule has 0 radical (unpaired) electrons. The van der Waals surface area contributed by atoms with Crippen molar-refractivity contribution in [1.82, 2.24) is 5.32 Å². The van der Waals surface area contributed by atoms with Gasteiger partial charge >= 0.3 is 12.0 Å². The van der Waals surface area contributed by atoms with Crippen molar-refractivity contribution >= 4 is 39.4 Å². The summed E-state index contributed by atoms with van der Waals surface area (Å²) < 4.78 is 6.17. The first-order valence-corrected chi connectivity index (χ1v) is 10.3. The Morgan fingerprint density at radius 3 is 2.21 bits per heavy atom. The molecule has 0 saturated carbocycles. The molecule has 1 aromatic rings. The minimum absolute atomic E-state index is 0.0384. The standard InChI is InChI=1S/C21H31BrN2O4/c1-14(2)12-15(18(25)10-11-19(26)28-21(3,4)5)13-23-20(27)24-17-8-6-16(22)7-9-17/h6-9,14-15H,10-13H2,1-5H3,(H2,23,24,27). The Balaban J connectivity index is 2.54. The Kier molecular flexibility index (Phi) is 9.65. The van der Waals surface area contributed by atoms with Crippen LogP contribution in [0.25, 0.3) is 0 Å². The number of hydrogen-bond acceptors (Lipinski definition) is 4. The lowest BCUT2D eigenvalue weighted by atomic mass is 9.91. The lowest BCUT2D eigenvalue weighted by molar-refractivity contribution is -0.155. The van der Waals surface area contributed by atoms with Gasteiger partial charge in [-0.3, -0.25) is 9.59 Å². The van der Waals surface area contributed by atoms with Crippen molar-refractivity contribution < 1.29 is 19.1 Å². The van der Waals surface area contributed by atoms with Crippen molar-refractivity contribution in [2.45, 2.75) is 59.5 Å². The number of ketones is 1. The monoisotopic (exact) mass is 454 g/mol. The Bertz CT molecular complexity index is 666. The third kappa shape index (κ3) is 10.4. The molecule has 28 heavy (non-hydrogen) atoms. The average Bonchev–Trinajstić information content (AvgIpc) is 2.56. The van der Waals surface area contributed by atoms with E-state index in [0.717, 1.165) is 4.47 Å². The fourth-order valence-electron chi connectivity index (χ4n) is 2.64. The van der Waals surface area contributed by atoms with E-state index in [-0.39, 0.29) is 43.1 Å². The van der Waals surface area contributed by atoms with Crippen LogP contribution in [0.1, 0.15) is 53.9 Å². The van der Waals surface area contributed by atoms with Crippen LogP contribution in [0.5, 0.6) is 0 Å². The quantitative estimate of drug-likeness (QED) is 0.518. The molecule has 1 rings (SSSR count). The molecule has 0 saturated heterocycles. The summed E-state index contributed by atoms with van der Waals surface area (Å²) in [4.78, 5) is 36.5. The minimum atomic E-state index is -0.565. The zero-order valence-corrected chi connectivity index (χ0v) is 18.9. The van der Waals surface area contributed by atoms with Crippen molar-refractivity contribution in [3.05, 3.63) is 28.7 Å². The van der Waals surface area contributed by atoms with E-state index >= 15 is 0 Å². The summed E-state index contributed by atoms with van der Waals surface area (Å²) in [7, 11) is 0. The van der Waals surface area contributed by atoms with Crippen LogP contribution in [-0.4, -0.2) is 29.9 Å². The number of anilines is 1. The van der Waals surface area contributed by atoms with Crippen LogP contribution in [0.15, 0.2) is 28.7 Å². The maximum absolute atomic E-state index is 12.6. The SMILES string of the molecule is CC(C)CC(CNC(=O)Nc1ccc(Br)cc1)C(=O)CCC(=O)OC(C)(C)C. The number of amides is 2. The first-order valence-electron chi connectivity index (χ1n) is 9.51. The molecule has 1 unspecified atom stereocenters. The van der Waals surface area contributed by atoms with Gasteiger partial charge < -0.3 is 15.4 Å². The Hall–Kier alpha value is -1.89. The van der Waals surface area contributed by atoms with Crippen LogP contribution >= 0.6 is 15.9 Å². The van der Waals surface area contributed by atoms with Crippen molar-refractivity contribution in [2.75, 3.05) is 11.9 Å². The fraction of sp³-hybridized carbons (Fsp3) is 0.571. The van der Waals surface area contributed by atoms with Crippen molar-refractivity contribution in [1.29, 1.82) is 0 Å². The Morgan fingerprint density at radius 1 is 1.07 bits per heavy atom. The molecule has 0 heterocycles. The summed E-state index contributed by atoms with van der Waals surface area (Å²) in [5.74, 6) is -0.460. The average molecular weight is 455 g/mol. The maximum atomic E-state index is 12.6. The molecule has 2 N–H and O–H groups in total. The number of hydrogen-bond donors (Lipinski definition) is 2. The molecule has 0 fully saturated rings. The largest absolute Gasteiger partial charge is 0.460 e. The lowest BCUT2D eigenvalue weighted by Crippen LogP contribution is -2.36. The molecule has 2 amide bonds. The van der Waals surface area contributed by atoms with E-state index in [1.165, 1.54) is 0 Å². The molecule has 0 aliphatic rings. The minimum Gasteiger partial charge on any atom is -0.460 e. The fourth-order valence-corrected chi connectivity index (χ4v) is 2.91. The number of carbonyl (C=O) groups excluding carboxylic acids is 3. The summed E-state index contributed by atoms with van der Waals surface area (Å²) >= 11 is 3.34. The number of halogens is 1. The highest BCUT2D eigenvalue weighted by Gasteiger charge is 2.23. The van der Waals surface area contributed by atoms with Gasteiger partial charge in [-0.2, -0.15) is 0 Å². The third-order valence-electron chi connectivity index (χ3n) is 3.82. The van der Waals surface area contributed by atoms with Crippen molar-refractivity contribution in [3.8, 4) is 0 Å². The molecular formula is C21H31BrN2O4. The van der Waals surface area contributed by atoms with Crippen LogP contribution in [0.3, 0.4) is 0 Å². The van der Waals surface area contributed by atoms with Gasteiger partial charge in [-0.1, -0.05) is 29.8 Å². The zero-order chi connectivity index (χ0) is 21.3. The second kappa shape index (κ2) is 11.2. The number of Topliss-reactive ketones (excluding diaryl/α,β-unsaturated/α-hetero) is 1. The molecule has 7 heteroatoms. The van der Waals surface area contributed by atoms with Crippen LogP contribution in [0.4, 0.5) is 10.5 Å². The van der Waals surface area contributed by atoms with Crippen LogP contribution < -0.4 is 10.6 Å². The number of urea groups is 1. The van der Waals surface area contributed by atoms with Gasteiger partial charge in [0.25, 0.3) is 0 Å². The number of rotatable bonds is 9. The van der Waals surface area contributed by atoms with E-state index in [4.69, 9.17) is 4.74 Å². The van der Waals surface area contributed by atoms with Crippen LogP contribution in [0, 0.1) is 11.8 Å². The maximum Gasteiger partial charge on any atom is 0.319 e. The van der Waals surface area contributed by atoms with Gasteiger partial charge in [0.15, 0.2) is 0 Å². The normalized spacial score (nSPS) is 12.4. The molecule has 6 nitrogen and oxygen atoms in total. The van der Waals surface area contributed by atoms with Gasteiger partial charge in [0.2, 0.25) is 0 Å². The van der Waals surface area contributed by atoms with E-state index in [2.05, 4.69) is 26.6 Å². The van der Waals surface area contributed by atoms with E-state index < -0.39 is 5.60 Å². The molecule has 1 atom stereocenters. The van der Waals surface area contributed by atoms with Gasteiger partial charge in [0, 0.05) is 29.0 Å². The molecule has 0 bridgehead atoms. The second-order valence-electron chi connectivity index (χ2n) is 8.22. The predicted octanol–water partition coefficient (Wildman–Crippen LogP) is 4.92. The summed E-state index contributed by atoms with van der Waals surface area (Å²) in [5, 5.41) is 5.50. The summed E-state index contributed by atoms with van der Waals surface area (Å²) in [6.07, 6.45) is 0.809. The molecule has 0 spiro atoms. The predicted molar refractivity (Wildman–Crippen MR) is 114 cm³/mol. The number of esters is 1. The number of carbonyl (C=O) groups is 3. The second-order valence-corrected chi connectivity index (χ2v) is 9.14. The third-order valence-corrected chi connectivity index (χ3v) is 4.35. The number of nitrogens with one attached hydrogen (secondary N) is 2. The Morgan fingerprint density at radius 2 is 1.68 bits per heavy atom. The zero-order valence-electron chi connectivity index (χ0n) is 17.3. The number of benzene rings is 1. The van der Waals surface area contributed by atoms with Gasteiger partial charge in [-0.25, -0.2) is 4.79 Å². The van der Waals surface area contributed by atoms with E-state index in [9.17, 15) is 14.4 Å². The molecule has 1 aromatic carbocycles. The van der Waals surface area contributed by atoms with Gasteiger partial charge in [0.05, 0.1) is 6.42 Å². The van der Waals surface area contributed by atoms with E-state index in [1.54, 1.807) is 32.9 Å².